The van der Waals surface area contributed by atoms with Crippen molar-refractivity contribution in [3.8, 4) is 5.75 Å². The minimum atomic E-state index is 0.0314. The van der Waals surface area contributed by atoms with E-state index in [2.05, 4.69) is 51.9 Å². The molecule has 0 saturated carbocycles. The van der Waals surface area contributed by atoms with Gasteiger partial charge in [0.1, 0.15) is 5.75 Å². The Hall–Kier alpha value is -3.87. The Morgan fingerprint density at radius 1 is 1.15 bits per heavy atom. The molecule has 7 heteroatoms. The number of carbonyl (C=O) groups is 1. The van der Waals surface area contributed by atoms with Crippen molar-refractivity contribution in [1.82, 2.24) is 20.1 Å². The fraction of sp³-hybridized carbons (Fsp3) is 0.269. The largest absolute Gasteiger partial charge is 0.497 e. The quantitative estimate of drug-likeness (QED) is 0.448. The van der Waals surface area contributed by atoms with Crippen LogP contribution in [-0.4, -0.2) is 52.7 Å². The van der Waals surface area contributed by atoms with Gasteiger partial charge in [0.25, 0.3) is 5.91 Å². The number of ether oxygens (including phenoxy) is 1. The molecule has 0 spiro atoms. The standard InChI is InChI=1S/C26H27N5O2/c1-33-21-9-5-8-19(16-21)26(32)31-15-13-20(17-31)23-11-10-22-24(29-30-25(22)28-23)27-14-12-18-6-3-2-4-7-18/h2-11,16,20H,12-15,17H2,1H3,(H2,27,28,29,30). The molecular formula is C26H27N5O2. The summed E-state index contributed by atoms with van der Waals surface area (Å²) in [5.41, 5.74) is 3.70. The maximum atomic E-state index is 12.9. The van der Waals surface area contributed by atoms with Gasteiger partial charge in [0.2, 0.25) is 0 Å². The lowest BCUT2D eigenvalue weighted by molar-refractivity contribution is 0.0790. The highest BCUT2D eigenvalue weighted by Crippen LogP contribution is 2.29. The molecule has 3 heterocycles. The Kier molecular flexibility index (Phi) is 5.93. The van der Waals surface area contributed by atoms with E-state index in [9.17, 15) is 4.79 Å². The molecule has 1 amide bonds. The van der Waals surface area contributed by atoms with Gasteiger partial charge in [-0.25, -0.2) is 4.98 Å². The maximum absolute atomic E-state index is 12.9. The zero-order chi connectivity index (χ0) is 22.6. The molecule has 1 saturated heterocycles. The van der Waals surface area contributed by atoms with E-state index in [0.717, 1.165) is 48.5 Å². The van der Waals surface area contributed by atoms with Gasteiger partial charge < -0.3 is 15.0 Å². The van der Waals surface area contributed by atoms with Crippen molar-refractivity contribution < 1.29 is 9.53 Å². The van der Waals surface area contributed by atoms with Crippen LogP contribution in [0.1, 0.15) is 34.0 Å². The number of H-pyrrole nitrogens is 1. The number of pyridine rings is 1. The first-order chi connectivity index (χ1) is 16.2. The number of likely N-dealkylation sites (tertiary alicyclic amines) is 1. The van der Waals surface area contributed by atoms with E-state index in [4.69, 9.17) is 9.72 Å². The molecule has 1 atom stereocenters. The van der Waals surface area contributed by atoms with Crippen LogP contribution in [0.3, 0.4) is 0 Å². The number of rotatable bonds is 7. The smallest absolute Gasteiger partial charge is 0.254 e. The SMILES string of the molecule is COc1cccc(C(=O)N2CCC(c3ccc4c(NCCc5ccccc5)n[nH]c4n3)C2)c1. The second kappa shape index (κ2) is 9.32. The number of amides is 1. The molecule has 1 fully saturated rings. The van der Waals surface area contributed by atoms with Crippen LogP contribution in [-0.2, 0) is 6.42 Å². The number of aromatic amines is 1. The summed E-state index contributed by atoms with van der Waals surface area (Å²) in [7, 11) is 1.61. The number of anilines is 1. The van der Waals surface area contributed by atoms with Crippen LogP contribution in [0.25, 0.3) is 11.0 Å². The number of nitrogens with zero attached hydrogens (tertiary/aromatic N) is 3. The van der Waals surface area contributed by atoms with Crippen LogP contribution in [0, 0.1) is 0 Å². The number of methoxy groups -OCH3 is 1. The zero-order valence-corrected chi connectivity index (χ0v) is 18.6. The van der Waals surface area contributed by atoms with Crippen LogP contribution < -0.4 is 10.1 Å². The molecule has 7 nitrogen and oxygen atoms in total. The second-order valence-electron chi connectivity index (χ2n) is 8.34. The van der Waals surface area contributed by atoms with Crippen molar-refractivity contribution in [2.75, 3.05) is 32.1 Å². The summed E-state index contributed by atoms with van der Waals surface area (Å²) in [4.78, 5) is 19.7. The Bertz CT molecular complexity index is 1250. The molecular weight excluding hydrogens is 414 g/mol. The van der Waals surface area contributed by atoms with E-state index in [-0.39, 0.29) is 11.8 Å². The highest BCUT2D eigenvalue weighted by molar-refractivity contribution is 5.95. The van der Waals surface area contributed by atoms with Crippen LogP contribution in [0.2, 0.25) is 0 Å². The second-order valence-corrected chi connectivity index (χ2v) is 8.34. The van der Waals surface area contributed by atoms with Crippen LogP contribution in [0.5, 0.6) is 5.75 Å². The number of hydrogen-bond acceptors (Lipinski definition) is 5. The number of aromatic nitrogens is 3. The summed E-state index contributed by atoms with van der Waals surface area (Å²) in [6.45, 7) is 2.18. The first-order valence-corrected chi connectivity index (χ1v) is 11.3. The Balaban J connectivity index is 1.23. The molecule has 1 unspecified atom stereocenters. The number of nitrogens with one attached hydrogen (secondary N) is 2. The van der Waals surface area contributed by atoms with E-state index >= 15 is 0 Å². The van der Waals surface area contributed by atoms with E-state index in [1.54, 1.807) is 13.2 Å². The van der Waals surface area contributed by atoms with Gasteiger partial charge in [-0.2, -0.15) is 5.10 Å². The first kappa shape index (κ1) is 21.0. The van der Waals surface area contributed by atoms with Gasteiger partial charge in [-0.05, 0) is 48.7 Å². The molecule has 1 aliphatic heterocycles. The summed E-state index contributed by atoms with van der Waals surface area (Å²) < 4.78 is 5.25. The third kappa shape index (κ3) is 4.53. The fourth-order valence-electron chi connectivity index (χ4n) is 4.38. The van der Waals surface area contributed by atoms with Gasteiger partial charge in [0, 0.05) is 36.8 Å². The molecule has 1 aliphatic rings. The van der Waals surface area contributed by atoms with Crippen molar-refractivity contribution >= 4 is 22.8 Å². The minimum absolute atomic E-state index is 0.0314. The predicted octanol–water partition coefficient (Wildman–Crippen LogP) is 4.25. The highest BCUT2D eigenvalue weighted by Gasteiger charge is 2.29. The minimum Gasteiger partial charge on any atom is -0.497 e. The van der Waals surface area contributed by atoms with Crippen LogP contribution >= 0.6 is 0 Å². The van der Waals surface area contributed by atoms with Gasteiger partial charge in [-0.15, -0.1) is 0 Å². The van der Waals surface area contributed by atoms with Crippen molar-refractivity contribution in [3.63, 3.8) is 0 Å². The van der Waals surface area contributed by atoms with Crippen molar-refractivity contribution in [2.45, 2.75) is 18.8 Å². The third-order valence-electron chi connectivity index (χ3n) is 6.20. The van der Waals surface area contributed by atoms with Crippen molar-refractivity contribution in [3.05, 3.63) is 83.6 Å². The lowest BCUT2D eigenvalue weighted by atomic mass is 10.0. The van der Waals surface area contributed by atoms with E-state index in [0.29, 0.717) is 17.9 Å². The number of fused-ring (bicyclic) bond motifs is 1. The number of benzene rings is 2. The predicted molar refractivity (Wildman–Crippen MR) is 129 cm³/mol. The van der Waals surface area contributed by atoms with Gasteiger partial charge >= 0.3 is 0 Å². The summed E-state index contributed by atoms with van der Waals surface area (Å²) in [5, 5.41) is 11.9. The lowest BCUT2D eigenvalue weighted by Gasteiger charge is -2.17. The highest BCUT2D eigenvalue weighted by atomic mass is 16.5. The molecule has 5 rings (SSSR count). The molecule has 2 aromatic carbocycles. The lowest BCUT2D eigenvalue weighted by Crippen LogP contribution is -2.28. The number of hydrogen-bond donors (Lipinski definition) is 2. The Labute approximate surface area is 192 Å². The average molecular weight is 442 g/mol. The molecule has 168 valence electrons. The molecule has 33 heavy (non-hydrogen) atoms. The van der Waals surface area contributed by atoms with Gasteiger partial charge in [0.15, 0.2) is 11.5 Å². The molecule has 0 radical (unpaired) electrons. The van der Waals surface area contributed by atoms with Crippen molar-refractivity contribution in [2.24, 2.45) is 0 Å². The average Bonchev–Trinajstić information content (AvgIpc) is 3.52. The molecule has 0 bridgehead atoms. The summed E-state index contributed by atoms with van der Waals surface area (Å²) >= 11 is 0. The third-order valence-corrected chi connectivity index (χ3v) is 6.20. The van der Waals surface area contributed by atoms with E-state index in [1.165, 1.54) is 5.56 Å². The van der Waals surface area contributed by atoms with Crippen LogP contribution in [0.4, 0.5) is 5.82 Å². The van der Waals surface area contributed by atoms with Gasteiger partial charge in [0.05, 0.1) is 12.5 Å². The monoisotopic (exact) mass is 441 g/mol. The van der Waals surface area contributed by atoms with Crippen molar-refractivity contribution in [1.29, 1.82) is 0 Å². The molecule has 4 aromatic rings. The Morgan fingerprint density at radius 2 is 2.03 bits per heavy atom. The zero-order valence-electron chi connectivity index (χ0n) is 18.6. The van der Waals surface area contributed by atoms with Gasteiger partial charge in [-0.1, -0.05) is 36.4 Å². The number of carbonyl (C=O) groups excluding carboxylic acids is 1. The van der Waals surface area contributed by atoms with Crippen LogP contribution in [0.15, 0.2) is 66.7 Å². The Morgan fingerprint density at radius 3 is 2.88 bits per heavy atom. The van der Waals surface area contributed by atoms with E-state index in [1.807, 2.05) is 29.2 Å². The fourth-order valence-corrected chi connectivity index (χ4v) is 4.38. The molecule has 2 aromatic heterocycles. The first-order valence-electron chi connectivity index (χ1n) is 11.3. The molecule has 2 N–H and O–H groups in total. The summed E-state index contributed by atoms with van der Waals surface area (Å²) in [5.74, 6) is 1.75. The molecule has 0 aliphatic carbocycles. The van der Waals surface area contributed by atoms with E-state index < -0.39 is 0 Å². The topological polar surface area (TPSA) is 83.1 Å². The summed E-state index contributed by atoms with van der Waals surface area (Å²) in [6.07, 6.45) is 1.82. The maximum Gasteiger partial charge on any atom is 0.254 e. The van der Waals surface area contributed by atoms with Gasteiger partial charge in [-0.3, -0.25) is 9.89 Å². The summed E-state index contributed by atoms with van der Waals surface area (Å²) in [6, 6.07) is 21.8. The normalized spacial score (nSPS) is 15.7.